The van der Waals surface area contributed by atoms with Crippen LogP contribution in [-0.2, 0) is 35.2 Å². The fraction of sp³-hybridized carbons (Fsp3) is 0.390. The summed E-state index contributed by atoms with van der Waals surface area (Å²) >= 11 is 1.46. The summed E-state index contributed by atoms with van der Waals surface area (Å²) in [5.41, 5.74) is 4.98. The Balaban J connectivity index is 1.11. The van der Waals surface area contributed by atoms with Crippen molar-refractivity contribution in [3.05, 3.63) is 111 Å². The number of amides is 2. The Morgan fingerprint density at radius 1 is 0.704 bits per heavy atom. The Bertz CT molecular complexity index is 1810. The van der Waals surface area contributed by atoms with Gasteiger partial charge in [0, 0.05) is 35.8 Å². The zero-order chi connectivity index (χ0) is 38.1. The maximum atomic E-state index is 13.8. The molecular formula is C41H49N3O9S. The van der Waals surface area contributed by atoms with Crippen molar-refractivity contribution >= 4 is 39.8 Å². The molecule has 0 atom stereocenters. The zero-order valence-electron chi connectivity index (χ0n) is 30.4. The maximum Gasteiger partial charge on any atom is 0.335 e. The maximum absolute atomic E-state index is 13.8. The molecule has 1 heterocycles. The predicted octanol–water partition coefficient (Wildman–Crippen LogP) is 5.31. The van der Waals surface area contributed by atoms with E-state index in [1.54, 1.807) is 36.4 Å². The number of hydrogen-bond donors (Lipinski definition) is 5. The molecule has 0 aliphatic heterocycles. The van der Waals surface area contributed by atoms with Crippen molar-refractivity contribution in [2.45, 2.75) is 38.5 Å². The van der Waals surface area contributed by atoms with Crippen LogP contribution < -0.4 is 15.4 Å². The topological polar surface area (TPSA) is 167 Å². The Kier molecular flexibility index (Phi) is 16.0. The third-order valence-electron chi connectivity index (χ3n) is 9.09. The van der Waals surface area contributed by atoms with Crippen LogP contribution >= 0.6 is 11.3 Å². The molecule has 0 unspecified atom stereocenters. The molecule has 0 saturated heterocycles. The molecule has 5 rings (SSSR count). The Morgan fingerprint density at radius 2 is 1.35 bits per heavy atom. The monoisotopic (exact) mass is 759 g/mol. The molecule has 0 bridgehead atoms. The first-order valence-electron chi connectivity index (χ1n) is 18.4. The summed E-state index contributed by atoms with van der Waals surface area (Å²) in [6, 6.07) is 21.5. The number of carboxylic acid groups (broad SMARTS) is 1. The number of aryl methyl sites for hydroxylation is 3. The van der Waals surface area contributed by atoms with Gasteiger partial charge in [0.15, 0.2) is 0 Å². The summed E-state index contributed by atoms with van der Waals surface area (Å²) in [6.07, 6.45) is 5.20. The minimum atomic E-state index is -0.943. The van der Waals surface area contributed by atoms with Gasteiger partial charge < -0.3 is 40.2 Å². The highest BCUT2D eigenvalue weighted by molar-refractivity contribution is 7.17. The lowest BCUT2D eigenvalue weighted by Crippen LogP contribution is -2.33. The smallest absolute Gasteiger partial charge is 0.335 e. The number of rotatable bonds is 22. The molecule has 12 nitrogen and oxygen atoms in total. The second-order valence-corrected chi connectivity index (χ2v) is 14.0. The van der Waals surface area contributed by atoms with E-state index in [-0.39, 0.29) is 37.2 Å². The number of aromatic carboxylic acids is 1. The fourth-order valence-corrected chi connectivity index (χ4v) is 7.48. The largest absolute Gasteiger partial charge is 0.491 e. The van der Waals surface area contributed by atoms with Gasteiger partial charge in [-0.05, 0) is 97.7 Å². The number of ether oxygens (including phenoxy) is 3. The average molecular weight is 760 g/mol. The molecule has 3 aromatic carbocycles. The number of carbonyl (C=O) groups excluding carboxylic acids is 2. The number of carbonyl (C=O) groups is 3. The number of nitrogens with one attached hydrogen (secondary N) is 2. The lowest BCUT2D eigenvalue weighted by atomic mass is 9.95. The summed E-state index contributed by atoms with van der Waals surface area (Å²) in [7, 11) is 0. The second kappa shape index (κ2) is 21.3. The van der Waals surface area contributed by atoms with E-state index in [2.05, 4.69) is 10.6 Å². The minimum Gasteiger partial charge on any atom is -0.491 e. The van der Waals surface area contributed by atoms with Crippen LogP contribution in [-0.4, -0.2) is 104 Å². The first-order chi connectivity index (χ1) is 26.3. The molecule has 288 valence electrons. The highest BCUT2D eigenvalue weighted by Crippen LogP contribution is 2.39. The molecule has 0 saturated carbocycles. The van der Waals surface area contributed by atoms with E-state index in [1.165, 1.54) is 11.3 Å². The first-order valence-corrected chi connectivity index (χ1v) is 19.2. The Labute approximate surface area is 319 Å². The lowest BCUT2D eigenvalue weighted by Gasteiger charge is -2.19. The second-order valence-electron chi connectivity index (χ2n) is 12.9. The lowest BCUT2D eigenvalue weighted by molar-refractivity contribution is 0.0265. The molecule has 13 heteroatoms. The van der Waals surface area contributed by atoms with Gasteiger partial charge in [0.2, 0.25) is 0 Å². The van der Waals surface area contributed by atoms with Crippen LogP contribution in [0.1, 0.15) is 65.5 Å². The summed E-state index contributed by atoms with van der Waals surface area (Å²) in [5.74, 6) is -1.01. The molecule has 0 radical (unpaired) electrons. The number of thiophene rings is 1. The van der Waals surface area contributed by atoms with Gasteiger partial charge in [0.25, 0.3) is 11.8 Å². The SMILES string of the molecule is O=C(O)c1ccc(CCc2ccc(NC(=O)c3c(NC(=O)c4cccc(OCCOCCOCCN(CCO)CCO)c4)sc4c3CCCC4)cc2)cc1. The third-order valence-corrected chi connectivity index (χ3v) is 10.3. The molecule has 2 amide bonds. The van der Waals surface area contributed by atoms with Gasteiger partial charge in [-0.25, -0.2) is 4.79 Å². The zero-order valence-corrected chi connectivity index (χ0v) is 31.2. The predicted molar refractivity (Wildman–Crippen MR) is 208 cm³/mol. The summed E-state index contributed by atoms with van der Waals surface area (Å²) in [6.45, 7) is 3.57. The highest BCUT2D eigenvalue weighted by Gasteiger charge is 2.27. The van der Waals surface area contributed by atoms with E-state index >= 15 is 0 Å². The van der Waals surface area contributed by atoms with E-state index in [0.717, 1.165) is 60.1 Å². The van der Waals surface area contributed by atoms with Gasteiger partial charge in [-0.15, -0.1) is 11.3 Å². The molecule has 1 aliphatic carbocycles. The molecule has 0 spiro atoms. The van der Waals surface area contributed by atoms with Crippen molar-refractivity contribution in [2.24, 2.45) is 0 Å². The molecule has 0 fully saturated rings. The van der Waals surface area contributed by atoms with Crippen molar-refractivity contribution in [1.82, 2.24) is 4.90 Å². The molecule has 54 heavy (non-hydrogen) atoms. The first kappa shape index (κ1) is 40.6. The van der Waals surface area contributed by atoms with Crippen molar-refractivity contribution in [3.8, 4) is 5.75 Å². The number of nitrogens with zero attached hydrogens (tertiary/aromatic N) is 1. The quantitative estimate of drug-likeness (QED) is 0.0663. The van der Waals surface area contributed by atoms with E-state index < -0.39 is 5.97 Å². The number of carboxylic acids is 1. The highest BCUT2D eigenvalue weighted by atomic mass is 32.1. The number of hydrogen-bond acceptors (Lipinski definition) is 10. The van der Waals surface area contributed by atoms with Crippen molar-refractivity contribution < 1.29 is 43.9 Å². The van der Waals surface area contributed by atoms with Crippen LogP contribution in [0.5, 0.6) is 5.75 Å². The van der Waals surface area contributed by atoms with Crippen LogP contribution in [0.3, 0.4) is 0 Å². The van der Waals surface area contributed by atoms with Crippen LogP contribution in [0.4, 0.5) is 10.7 Å². The van der Waals surface area contributed by atoms with E-state index in [4.69, 9.17) is 29.5 Å². The minimum absolute atomic E-state index is 0.0320. The molecule has 1 aliphatic rings. The number of anilines is 2. The van der Waals surface area contributed by atoms with E-state index in [0.29, 0.717) is 73.6 Å². The molecule has 4 aromatic rings. The molecule has 5 N–H and O–H groups in total. The van der Waals surface area contributed by atoms with Gasteiger partial charge in [0.05, 0.1) is 50.8 Å². The Hall–Kier alpha value is -4.63. The van der Waals surface area contributed by atoms with Crippen molar-refractivity contribution in [3.63, 3.8) is 0 Å². The number of aliphatic hydroxyl groups is 2. The van der Waals surface area contributed by atoms with Crippen LogP contribution in [0.15, 0.2) is 72.8 Å². The summed E-state index contributed by atoms with van der Waals surface area (Å²) in [4.78, 5) is 41.4. The van der Waals surface area contributed by atoms with Gasteiger partial charge in [-0.2, -0.15) is 0 Å². The van der Waals surface area contributed by atoms with Gasteiger partial charge in [-0.1, -0.05) is 30.3 Å². The number of fused-ring (bicyclic) bond motifs is 1. The van der Waals surface area contributed by atoms with Gasteiger partial charge in [-0.3, -0.25) is 14.5 Å². The standard InChI is InChI=1S/C41H49N3O9S/c45-21-18-44(19-22-46)20-23-51-24-25-52-26-27-53-34-5-3-4-32(28-34)38(47)43-40-37(35-6-1-2-7-36(35)54-40)39(48)42-33-16-12-30(13-17-33)9-8-29-10-14-31(15-11-29)41(49)50/h3-5,10-17,28,45-46H,1-2,6-9,18-27H2,(H,42,48)(H,43,47)(H,49,50). The third kappa shape index (κ3) is 12.2. The Morgan fingerprint density at radius 3 is 2.04 bits per heavy atom. The average Bonchev–Trinajstić information content (AvgIpc) is 3.55. The van der Waals surface area contributed by atoms with Crippen molar-refractivity contribution in [1.29, 1.82) is 0 Å². The summed E-state index contributed by atoms with van der Waals surface area (Å²) in [5, 5.41) is 33.9. The van der Waals surface area contributed by atoms with Crippen LogP contribution in [0.25, 0.3) is 0 Å². The van der Waals surface area contributed by atoms with Gasteiger partial charge in [0.1, 0.15) is 17.4 Å². The van der Waals surface area contributed by atoms with Crippen molar-refractivity contribution in [2.75, 3.05) is 76.5 Å². The fourth-order valence-electron chi connectivity index (χ4n) is 6.20. The van der Waals surface area contributed by atoms with E-state index in [9.17, 15) is 14.4 Å². The number of benzene rings is 3. The van der Waals surface area contributed by atoms with Gasteiger partial charge >= 0.3 is 5.97 Å². The molecule has 1 aromatic heterocycles. The van der Waals surface area contributed by atoms with Crippen LogP contribution in [0, 0.1) is 0 Å². The molecular weight excluding hydrogens is 711 g/mol. The van der Waals surface area contributed by atoms with E-state index in [1.807, 2.05) is 41.3 Å². The number of aliphatic hydroxyl groups excluding tert-OH is 2. The summed E-state index contributed by atoms with van der Waals surface area (Å²) < 4.78 is 17.0. The van der Waals surface area contributed by atoms with Crippen LogP contribution in [0.2, 0.25) is 0 Å². The normalized spacial score (nSPS) is 12.4.